The zero-order valence-electron chi connectivity index (χ0n) is 14.7. The van der Waals surface area contributed by atoms with Crippen molar-refractivity contribution in [1.82, 2.24) is 5.32 Å². The number of rotatable bonds is 9. The normalized spacial score (nSPS) is 12.6. The fourth-order valence-corrected chi connectivity index (χ4v) is 3.20. The molecule has 0 spiro atoms. The summed E-state index contributed by atoms with van der Waals surface area (Å²) < 4.78 is 14.9. The van der Waals surface area contributed by atoms with Crippen LogP contribution in [0.2, 0.25) is 0 Å². The van der Waals surface area contributed by atoms with Gasteiger partial charge in [-0.05, 0) is 24.6 Å². The molecule has 0 bridgehead atoms. The first-order valence-electron chi connectivity index (χ1n) is 7.70. The number of nitrogens with one attached hydrogen (secondary N) is 1. The lowest BCUT2D eigenvalue weighted by Crippen LogP contribution is -2.42. The second kappa shape index (κ2) is 10.6. The highest BCUT2D eigenvalue weighted by molar-refractivity contribution is 8.00. The molecule has 0 aliphatic rings. The molecule has 1 unspecified atom stereocenters. The van der Waals surface area contributed by atoms with Crippen LogP contribution in [0.25, 0.3) is 0 Å². The van der Waals surface area contributed by atoms with E-state index in [0.29, 0.717) is 5.75 Å². The van der Waals surface area contributed by atoms with Crippen molar-refractivity contribution in [1.29, 1.82) is 0 Å². The average Bonchev–Trinajstić information content (AvgIpc) is 2.60. The number of carbonyl (C=O) groups is 3. The number of hydrogen-bond acceptors (Lipinski definition) is 7. The molecule has 8 heteroatoms. The second-order valence-electron chi connectivity index (χ2n) is 5.01. The summed E-state index contributed by atoms with van der Waals surface area (Å²) in [5.74, 6) is -0.499. The van der Waals surface area contributed by atoms with Crippen molar-refractivity contribution in [3.05, 3.63) is 29.8 Å². The quantitative estimate of drug-likeness (QED) is 0.663. The van der Waals surface area contributed by atoms with Crippen molar-refractivity contribution in [2.24, 2.45) is 0 Å². The molecule has 2 atom stereocenters. The van der Waals surface area contributed by atoms with E-state index in [1.165, 1.54) is 25.8 Å². The Labute approximate surface area is 151 Å². The third-order valence-corrected chi connectivity index (χ3v) is 4.54. The molecular formula is C17H23NO6S. The number of esters is 2. The van der Waals surface area contributed by atoms with Crippen molar-refractivity contribution in [2.45, 2.75) is 25.1 Å². The van der Waals surface area contributed by atoms with Gasteiger partial charge in [-0.2, -0.15) is 0 Å². The first-order chi connectivity index (χ1) is 11.9. The maximum Gasteiger partial charge on any atom is 0.329 e. The summed E-state index contributed by atoms with van der Waals surface area (Å²) in [6.45, 7) is 3.29. The van der Waals surface area contributed by atoms with E-state index in [1.54, 1.807) is 38.3 Å². The molecule has 0 saturated heterocycles. The van der Waals surface area contributed by atoms with E-state index in [1.807, 2.05) is 0 Å². The summed E-state index contributed by atoms with van der Waals surface area (Å²) in [7, 11) is 2.80. The van der Waals surface area contributed by atoms with Crippen LogP contribution in [0.5, 0.6) is 5.75 Å². The molecular weight excluding hydrogens is 346 g/mol. The molecule has 25 heavy (non-hydrogen) atoms. The molecule has 0 aliphatic heterocycles. The number of amides is 1. The minimum absolute atomic E-state index is 0.168. The third kappa shape index (κ3) is 6.66. The topological polar surface area (TPSA) is 90.9 Å². The Kier molecular flexibility index (Phi) is 8.83. The van der Waals surface area contributed by atoms with E-state index in [2.05, 4.69) is 10.1 Å². The van der Waals surface area contributed by atoms with Crippen LogP contribution in [0.15, 0.2) is 24.3 Å². The van der Waals surface area contributed by atoms with Crippen LogP contribution in [-0.4, -0.2) is 50.5 Å². The maximum absolute atomic E-state index is 12.3. The molecule has 138 valence electrons. The monoisotopic (exact) mass is 369 g/mol. The highest BCUT2D eigenvalue weighted by Gasteiger charge is 2.27. The summed E-state index contributed by atoms with van der Waals surface area (Å²) >= 11 is 1.20. The molecule has 1 rings (SSSR count). The van der Waals surface area contributed by atoms with Crippen molar-refractivity contribution in [3.8, 4) is 5.75 Å². The van der Waals surface area contributed by atoms with Crippen LogP contribution in [0.4, 0.5) is 0 Å². The predicted molar refractivity (Wildman–Crippen MR) is 94.4 cm³/mol. The smallest absolute Gasteiger partial charge is 0.329 e. The SMILES string of the molecule is CCOC(=O)C(SC[C@H](NC(C)=O)C(=O)OC)c1ccc(OC)cc1. The minimum atomic E-state index is -0.845. The summed E-state index contributed by atoms with van der Waals surface area (Å²) in [5.41, 5.74) is 0.718. The summed E-state index contributed by atoms with van der Waals surface area (Å²) in [5, 5.41) is 1.89. The van der Waals surface area contributed by atoms with E-state index in [9.17, 15) is 14.4 Å². The third-order valence-electron chi connectivity index (χ3n) is 3.21. The predicted octanol–water partition coefficient (Wildman–Crippen LogP) is 1.71. The molecule has 0 aliphatic carbocycles. The van der Waals surface area contributed by atoms with Crippen LogP contribution in [0, 0.1) is 0 Å². The largest absolute Gasteiger partial charge is 0.497 e. The fraction of sp³-hybridized carbons (Fsp3) is 0.471. The van der Waals surface area contributed by atoms with Gasteiger partial charge in [-0.15, -0.1) is 11.8 Å². The molecule has 1 amide bonds. The van der Waals surface area contributed by atoms with Gasteiger partial charge in [0.1, 0.15) is 17.0 Å². The Morgan fingerprint density at radius 3 is 2.24 bits per heavy atom. The van der Waals surface area contributed by atoms with Gasteiger partial charge in [0, 0.05) is 12.7 Å². The molecule has 1 aromatic rings. The molecule has 1 aromatic carbocycles. The van der Waals surface area contributed by atoms with E-state index in [0.717, 1.165) is 5.56 Å². The molecule has 7 nitrogen and oxygen atoms in total. The van der Waals surface area contributed by atoms with Gasteiger partial charge in [0.2, 0.25) is 5.91 Å². The number of carbonyl (C=O) groups excluding carboxylic acids is 3. The van der Waals surface area contributed by atoms with Gasteiger partial charge in [0.15, 0.2) is 0 Å². The van der Waals surface area contributed by atoms with Crippen LogP contribution in [-0.2, 0) is 23.9 Å². The highest BCUT2D eigenvalue weighted by Crippen LogP contribution is 2.32. The maximum atomic E-state index is 12.3. The molecule has 0 aromatic heterocycles. The van der Waals surface area contributed by atoms with Gasteiger partial charge in [-0.3, -0.25) is 9.59 Å². The summed E-state index contributed by atoms with van der Waals surface area (Å²) in [6.07, 6.45) is 0. The standard InChI is InChI=1S/C17H23NO6S/c1-5-24-17(21)15(12-6-8-13(22-3)9-7-12)25-10-14(16(20)23-4)18-11(2)19/h6-9,14-15H,5,10H2,1-4H3,(H,18,19)/t14-,15?/m0/s1. The zero-order chi connectivity index (χ0) is 18.8. The minimum Gasteiger partial charge on any atom is -0.497 e. The van der Waals surface area contributed by atoms with E-state index >= 15 is 0 Å². The van der Waals surface area contributed by atoms with Gasteiger partial charge < -0.3 is 19.5 Å². The van der Waals surface area contributed by atoms with Crippen molar-refractivity contribution in [2.75, 3.05) is 26.6 Å². The number of hydrogen-bond donors (Lipinski definition) is 1. The van der Waals surface area contributed by atoms with Crippen molar-refractivity contribution < 1.29 is 28.6 Å². The van der Waals surface area contributed by atoms with Crippen LogP contribution in [0.1, 0.15) is 24.7 Å². The first kappa shape index (κ1) is 20.8. The van der Waals surface area contributed by atoms with Gasteiger partial charge in [0.05, 0.1) is 20.8 Å². The van der Waals surface area contributed by atoms with Gasteiger partial charge in [0.25, 0.3) is 0 Å². The van der Waals surface area contributed by atoms with E-state index in [-0.39, 0.29) is 18.3 Å². The van der Waals surface area contributed by atoms with E-state index in [4.69, 9.17) is 9.47 Å². The Balaban J connectivity index is 2.93. The number of ether oxygens (including phenoxy) is 3. The Bertz CT molecular complexity index is 589. The Morgan fingerprint density at radius 1 is 1.12 bits per heavy atom. The molecule has 0 saturated carbocycles. The Morgan fingerprint density at radius 2 is 1.76 bits per heavy atom. The molecule has 0 fully saturated rings. The van der Waals surface area contributed by atoms with E-state index < -0.39 is 23.2 Å². The van der Waals surface area contributed by atoms with Gasteiger partial charge in [-0.25, -0.2) is 4.79 Å². The molecule has 0 radical (unpaired) electrons. The van der Waals surface area contributed by atoms with Gasteiger partial charge in [-0.1, -0.05) is 12.1 Å². The summed E-state index contributed by atoms with van der Waals surface area (Å²) in [6, 6.07) is 6.17. The van der Waals surface area contributed by atoms with Crippen LogP contribution < -0.4 is 10.1 Å². The molecule has 0 heterocycles. The number of methoxy groups -OCH3 is 2. The number of thioether (sulfide) groups is 1. The van der Waals surface area contributed by atoms with Gasteiger partial charge >= 0.3 is 11.9 Å². The van der Waals surface area contributed by atoms with Crippen molar-refractivity contribution in [3.63, 3.8) is 0 Å². The first-order valence-corrected chi connectivity index (χ1v) is 8.74. The molecule has 1 N–H and O–H groups in total. The zero-order valence-corrected chi connectivity index (χ0v) is 15.6. The fourth-order valence-electron chi connectivity index (χ4n) is 2.05. The lowest BCUT2D eigenvalue weighted by molar-refractivity contribution is -0.144. The second-order valence-corrected chi connectivity index (χ2v) is 6.15. The number of benzene rings is 1. The Hall–Kier alpha value is -2.22. The van der Waals surface area contributed by atoms with Crippen LogP contribution in [0.3, 0.4) is 0 Å². The lowest BCUT2D eigenvalue weighted by atomic mass is 10.1. The summed E-state index contributed by atoms with van der Waals surface area (Å²) in [4.78, 5) is 35.3. The average molecular weight is 369 g/mol. The lowest BCUT2D eigenvalue weighted by Gasteiger charge is -2.20. The van der Waals surface area contributed by atoms with Crippen molar-refractivity contribution >= 4 is 29.6 Å². The highest BCUT2D eigenvalue weighted by atomic mass is 32.2. The van der Waals surface area contributed by atoms with Crippen LogP contribution >= 0.6 is 11.8 Å².